The quantitative estimate of drug-likeness (QED) is 0.752. The zero-order valence-corrected chi connectivity index (χ0v) is 16.3. The summed E-state index contributed by atoms with van der Waals surface area (Å²) in [5, 5.41) is 3.08. The highest BCUT2D eigenvalue weighted by molar-refractivity contribution is 5.78. The minimum atomic E-state index is 0.0807. The number of likely N-dealkylation sites (N-methyl/N-ethyl adjacent to an activating group) is 1. The lowest BCUT2D eigenvalue weighted by Crippen LogP contribution is -2.51. The van der Waals surface area contributed by atoms with E-state index in [4.69, 9.17) is 0 Å². The molecule has 6 heteroatoms. The molecule has 26 heavy (non-hydrogen) atoms. The van der Waals surface area contributed by atoms with E-state index in [-0.39, 0.29) is 11.8 Å². The van der Waals surface area contributed by atoms with Gasteiger partial charge in [-0.25, -0.2) is 0 Å². The molecule has 1 heterocycles. The smallest absolute Gasteiger partial charge is 0.236 e. The van der Waals surface area contributed by atoms with Crippen molar-refractivity contribution in [2.45, 2.75) is 19.3 Å². The minimum absolute atomic E-state index is 0.0807. The zero-order valence-electron chi connectivity index (χ0n) is 16.3. The molecule has 2 amide bonds. The summed E-state index contributed by atoms with van der Waals surface area (Å²) in [4.78, 5) is 30.0. The summed E-state index contributed by atoms with van der Waals surface area (Å²) in [6.45, 7) is 7.02. The Kier molecular flexibility index (Phi) is 8.06. The second kappa shape index (κ2) is 10.3. The van der Waals surface area contributed by atoms with Gasteiger partial charge in [-0.2, -0.15) is 0 Å². The maximum Gasteiger partial charge on any atom is 0.236 e. The van der Waals surface area contributed by atoms with Crippen LogP contribution >= 0.6 is 0 Å². The van der Waals surface area contributed by atoms with Gasteiger partial charge in [-0.3, -0.25) is 19.4 Å². The molecule has 1 N–H and O–H groups in total. The Morgan fingerprint density at radius 3 is 2.15 bits per heavy atom. The molecular formula is C20H32N4O2. The fourth-order valence-corrected chi connectivity index (χ4v) is 3.16. The summed E-state index contributed by atoms with van der Waals surface area (Å²) in [7, 11) is 3.56. The van der Waals surface area contributed by atoms with Crippen LogP contribution in [-0.4, -0.2) is 86.4 Å². The van der Waals surface area contributed by atoms with Gasteiger partial charge in [0, 0.05) is 52.7 Å². The third kappa shape index (κ3) is 6.42. The lowest BCUT2D eigenvalue weighted by atomic mass is 9.96. The largest absolute Gasteiger partial charge is 0.354 e. The summed E-state index contributed by atoms with van der Waals surface area (Å²) < 4.78 is 0. The highest BCUT2D eigenvalue weighted by Crippen LogP contribution is 2.17. The summed E-state index contributed by atoms with van der Waals surface area (Å²) in [6, 6.07) is 10.3. The van der Waals surface area contributed by atoms with E-state index < -0.39 is 0 Å². The van der Waals surface area contributed by atoms with Crippen LogP contribution < -0.4 is 5.32 Å². The third-order valence-corrected chi connectivity index (χ3v) is 5.00. The van der Waals surface area contributed by atoms with Gasteiger partial charge in [-0.1, -0.05) is 37.3 Å². The van der Waals surface area contributed by atoms with Gasteiger partial charge in [0.25, 0.3) is 0 Å². The molecule has 1 atom stereocenters. The van der Waals surface area contributed by atoms with Gasteiger partial charge < -0.3 is 10.2 Å². The maximum atomic E-state index is 12.3. The molecule has 6 nitrogen and oxygen atoms in total. The van der Waals surface area contributed by atoms with Gasteiger partial charge >= 0.3 is 0 Å². The van der Waals surface area contributed by atoms with E-state index in [2.05, 4.69) is 34.2 Å². The van der Waals surface area contributed by atoms with Crippen molar-refractivity contribution >= 4 is 11.8 Å². The number of carbonyl (C=O) groups excluding carboxylic acids is 2. The van der Waals surface area contributed by atoms with E-state index in [9.17, 15) is 9.59 Å². The van der Waals surface area contributed by atoms with Crippen LogP contribution in [0, 0.1) is 0 Å². The molecular weight excluding hydrogens is 328 g/mol. The summed E-state index contributed by atoms with van der Waals surface area (Å²) >= 11 is 0. The van der Waals surface area contributed by atoms with E-state index in [1.165, 1.54) is 5.56 Å². The van der Waals surface area contributed by atoms with Crippen LogP contribution in [-0.2, 0) is 9.59 Å². The number of rotatable bonds is 8. The topological polar surface area (TPSA) is 55.9 Å². The van der Waals surface area contributed by atoms with Gasteiger partial charge in [-0.05, 0) is 12.0 Å². The second-order valence-electron chi connectivity index (χ2n) is 7.16. The molecule has 0 aromatic heterocycles. The van der Waals surface area contributed by atoms with Crippen molar-refractivity contribution in [1.82, 2.24) is 20.0 Å². The number of carbonyl (C=O) groups is 2. The molecule has 2 rings (SSSR count). The van der Waals surface area contributed by atoms with Crippen molar-refractivity contribution in [3.63, 3.8) is 0 Å². The van der Waals surface area contributed by atoms with Crippen LogP contribution in [0.2, 0.25) is 0 Å². The van der Waals surface area contributed by atoms with Gasteiger partial charge in [0.15, 0.2) is 0 Å². The van der Waals surface area contributed by atoms with Crippen molar-refractivity contribution in [3.05, 3.63) is 35.9 Å². The molecule has 1 fully saturated rings. The first kappa shape index (κ1) is 20.4. The van der Waals surface area contributed by atoms with Gasteiger partial charge in [-0.15, -0.1) is 0 Å². The van der Waals surface area contributed by atoms with E-state index >= 15 is 0 Å². The van der Waals surface area contributed by atoms with Crippen LogP contribution in [0.1, 0.15) is 24.8 Å². The molecule has 0 bridgehead atoms. The standard InChI is InChI=1S/C20H32N4O2/c1-4-17(18-8-6-5-7-9-18)14-21-19(25)15-23-10-12-24(13-11-23)16-20(26)22(2)3/h5-9,17H,4,10-16H2,1-3H3,(H,21,25). The molecule has 0 radical (unpaired) electrons. The Balaban J connectivity index is 1.69. The first-order valence-corrected chi connectivity index (χ1v) is 9.46. The van der Waals surface area contributed by atoms with Crippen LogP contribution in [0.4, 0.5) is 0 Å². The zero-order chi connectivity index (χ0) is 18.9. The Morgan fingerprint density at radius 2 is 1.62 bits per heavy atom. The van der Waals surface area contributed by atoms with Crippen LogP contribution in [0.3, 0.4) is 0 Å². The molecule has 1 unspecified atom stereocenters. The molecule has 1 aliphatic heterocycles. The number of benzene rings is 1. The molecule has 0 saturated carbocycles. The van der Waals surface area contributed by atoms with E-state index in [1.54, 1.807) is 19.0 Å². The van der Waals surface area contributed by atoms with Crippen molar-refractivity contribution in [2.75, 3.05) is 59.9 Å². The summed E-state index contributed by atoms with van der Waals surface area (Å²) in [6.07, 6.45) is 1.00. The number of nitrogens with one attached hydrogen (secondary N) is 1. The van der Waals surface area contributed by atoms with Crippen molar-refractivity contribution < 1.29 is 9.59 Å². The van der Waals surface area contributed by atoms with Gasteiger partial charge in [0.2, 0.25) is 11.8 Å². The fourth-order valence-electron chi connectivity index (χ4n) is 3.16. The molecule has 0 spiro atoms. The number of hydrogen-bond donors (Lipinski definition) is 1. The predicted molar refractivity (Wildman–Crippen MR) is 104 cm³/mol. The summed E-state index contributed by atoms with van der Waals surface area (Å²) in [5.74, 6) is 0.564. The lowest BCUT2D eigenvalue weighted by Gasteiger charge is -2.34. The third-order valence-electron chi connectivity index (χ3n) is 5.00. The highest BCUT2D eigenvalue weighted by Gasteiger charge is 2.21. The van der Waals surface area contributed by atoms with Crippen LogP contribution in [0.5, 0.6) is 0 Å². The van der Waals surface area contributed by atoms with E-state index in [0.717, 1.165) is 32.6 Å². The van der Waals surface area contributed by atoms with E-state index in [1.807, 2.05) is 18.2 Å². The normalized spacial score (nSPS) is 16.9. The fraction of sp³-hybridized carbons (Fsp3) is 0.600. The van der Waals surface area contributed by atoms with Crippen molar-refractivity contribution in [3.8, 4) is 0 Å². The Labute approximate surface area is 157 Å². The van der Waals surface area contributed by atoms with E-state index in [0.29, 0.717) is 25.6 Å². The average molecular weight is 361 g/mol. The minimum Gasteiger partial charge on any atom is -0.354 e. The Morgan fingerprint density at radius 1 is 1.04 bits per heavy atom. The molecule has 144 valence electrons. The van der Waals surface area contributed by atoms with Gasteiger partial charge in [0.1, 0.15) is 0 Å². The number of amides is 2. The number of piperazine rings is 1. The average Bonchev–Trinajstić information content (AvgIpc) is 2.64. The molecule has 1 aromatic carbocycles. The first-order valence-electron chi connectivity index (χ1n) is 9.46. The second-order valence-corrected chi connectivity index (χ2v) is 7.16. The molecule has 0 aliphatic carbocycles. The van der Waals surface area contributed by atoms with Crippen molar-refractivity contribution in [2.24, 2.45) is 0 Å². The highest BCUT2D eigenvalue weighted by atomic mass is 16.2. The maximum absolute atomic E-state index is 12.3. The SMILES string of the molecule is CCC(CNC(=O)CN1CCN(CC(=O)N(C)C)CC1)c1ccccc1. The number of nitrogens with zero attached hydrogens (tertiary/aromatic N) is 3. The molecule has 1 saturated heterocycles. The Hall–Kier alpha value is -1.92. The predicted octanol–water partition coefficient (Wildman–Crippen LogP) is 1.00. The van der Waals surface area contributed by atoms with Crippen molar-refractivity contribution in [1.29, 1.82) is 0 Å². The monoisotopic (exact) mass is 360 g/mol. The molecule has 1 aliphatic rings. The summed E-state index contributed by atoms with van der Waals surface area (Å²) in [5.41, 5.74) is 1.27. The number of hydrogen-bond acceptors (Lipinski definition) is 4. The van der Waals surface area contributed by atoms with Gasteiger partial charge in [0.05, 0.1) is 13.1 Å². The molecule has 1 aromatic rings. The van der Waals surface area contributed by atoms with Crippen LogP contribution in [0.15, 0.2) is 30.3 Å². The first-order chi connectivity index (χ1) is 12.5. The van der Waals surface area contributed by atoms with Crippen LogP contribution in [0.25, 0.3) is 0 Å². The Bertz CT molecular complexity index is 568. The lowest BCUT2D eigenvalue weighted by molar-refractivity contribution is -0.130.